The predicted octanol–water partition coefficient (Wildman–Crippen LogP) is 4.39. The van der Waals surface area contributed by atoms with Gasteiger partial charge < -0.3 is 20.5 Å². The first-order valence-electron chi connectivity index (χ1n) is 10.7. The van der Waals surface area contributed by atoms with Crippen LogP contribution in [0.1, 0.15) is 12.6 Å². The van der Waals surface area contributed by atoms with Gasteiger partial charge in [-0.15, -0.1) is 0 Å². The van der Waals surface area contributed by atoms with Crippen molar-refractivity contribution < 1.29 is 18.7 Å². The number of nitrogens with zero attached hydrogens (tertiary/aromatic N) is 4. The molecular weight excluding hydrogens is 463 g/mol. The van der Waals surface area contributed by atoms with Crippen LogP contribution in [-0.4, -0.2) is 33.0 Å². The quantitative estimate of drug-likeness (QED) is 0.386. The second-order valence-corrected chi connectivity index (χ2v) is 7.45. The van der Waals surface area contributed by atoms with Gasteiger partial charge in [-0.05, 0) is 55.7 Å². The average molecular weight is 484 g/mol. The van der Waals surface area contributed by atoms with Crippen LogP contribution in [0.15, 0.2) is 55.0 Å². The standard InChI is InChI=1S/C26H21FN6O3/c1-4-5-22(34)33-19-8-6-17(13-21(19)35-3)24-23(25(28)31-14-30-24)16-7-9-20(18(27)12-16)36-26-29-11-10-15(2)32-26/h6-14H,1-3H3,(H,33,34)(H2,28,30,31). The Balaban J connectivity index is 1.72. The summed E-state index contributed by atoms with van der Waals surface area (Å²) < 4.78 is 25.9. The number of hydrogen-bond donors (Lipinski definition) is 2. The predicted molar refractivity (Wildman–Crippen MR) is 133 cm³/mol. The molecule has 0 saturated carbocycles. The highest BCUT2D eigenvalue weighted by Crippen LogP contribution is 2.38. The Kier molecular flexibility index (Phi) is 7.02. The fourth-order valence-corrected chi connectivity index (χ4v) is 3.42. The first kappa shape index (κ1) is 24.1. The van der Waals surface area contributed by atoms with E-state index in [-0.39, 0.29) is 17.6 Å². The first-order chi connectivity index (χ1) is 17.4. The van der Waals surface area contributed by atoms with Crippen LogP contribution < -0.4 is 20.5 Å². The molecule has 2 aromatic carbocycles. The minimum atomic E-state index is -0.639. The molecule has 0 bridgehead atoms. The van der Waals surface area contributed by atoms with E-state index < -0.39 is 11.7 Å². The van der Waals surface area contributed by atoms with Crippen LogP contribution >= 0.6 is 0 Å². The second kappa shape index (κ2) is 10.5. The molecule has 3 N–H and O–H groups in total. The number of nitrogens with one attached hydrogen (secondary N) is 1. The minimum absolute atomic E-state index is 0.0362. The van der Waals surface area contributed by atoms with Gasteiger partial charge in [0, 0.05) is 17.5 Å². The molecule has 10 heteroatoms. The Hall–Kier alpha value is -5.04. The van der Waals surface area contributed by atoms with Crippen molar-refractivity contribution >= 4 is 17.4 Å². The molecule has 4 rings (SSSR count). The maximum absolute atomic E-state index is 15.0. The highest BCUT2D eigenvalue weighted by molar-refractivity contribution is 6.05. The SMILES string of the molecule is CC#CC(=O)Nc1ccc(-c2ncnc(N)c2-c2ccc(Oc3nccc(C)n3)c(F)c2)cc1OC. The largest absolute Gasteiger partial charge is 0.495 e. The lowest BCUT2D eigenvalue weighted by Gasteiger charge is -2.14. The summed E-state index contributed by atoms with van der Waals surface area (Å²) in [7, 11) is 1.47. The van der Waals surface area contributed by atoms with E-state index in [1.165, 1.54) is 31.8 Å². The van der Waals surface area contributed by atoms with E-state index in [2.05, 4.69) is 37.1 Å². The zero-order valence-electron chi connectivity index (χ0n) is 19.7. The van der Waals surface area contributed by atoms with E-state index in [0.717, 1.165) is 0 Å². The molecule has 0 radical (unpaired) electrons. The first-order valence-corrected chi connectivity index (χ1v) is 10.7. The lowest BCUT2D eigenvalue weighted by Crippen LogP contribution is -2.09. The number of ether oxygens (including phenoxy) is 2. The Morgan fingerprint density at radius 2 is 1.86 bits per heavy atom. The molecule has 0 spiro atoms. The van der Waals surface area contributed by atoms with E-state index in [1.807, 2.05) is 0 Å². The molecule has 0 unspecified atom stereocenters. The third kappa shape index (κ3) is 5.20. The van der Waals surface area contributed by atoms with Crippen LogP contribution in [0.3, 0.4) is 0 Å². The molecule has 180 valence electrons. The van der Waals surface area contributed by atoms with Crippen molar-refractivity contribution in [3.05, 3.63) is 66.5 Å². The average Bonchev–Trinajstić information content (AvgIpc) is 2.85. The molecule has 36 heavy (non-hydrogen) atoms. The lowest BCUT2D eigenvalue weighted by atomic mass is 9.99. The summed E-state index contributed by atoms with van der Waals surface area (Å²) in [5, 5.41) is 2.67. The Labute approximate surface area is 206 Å². The third-order valence-corrected chi connectivity index (χ3v) is 5.03. The summed E-state index contributed by atoms with van der Waals surface area (Å²) in [4.78, 5) is 28.5. The number of carbonyl (C=O) groups is 1. The van der Waals surface area contributed by atoms with Gasteiger partial charge in [0.2, 0.25) is 0 Å². The van der Waals surface area contributed by atoms with E-state index in [4.69, 9.17) is 15.2 Å². The van der Waals surface area contributed by atoms with Gasteiger partial charge in [0.05, 0.1) is 24.1 Å². The van der Waals surface area contributed by atoms with Gasteiger partial charge in [-0.2, -0.15) is 0 Å². The number of methoxy groups -OCH3 is 1. The molecule has 2 heterocycles. The maximum atomic E-state index is 15.0. The normalized spacial score (nSPS) is 10.2. The summed E-state index contributed by atoms with van der Waals surface area (Å²) in [5.74, 6) is 4.34. The molecule has 0 aliphatic carbocycles. The van der Waals surface area contributed by atoms with Crippen molar-refractivity contribution in [1.82, 2.24) is 19.9 Å². The molecule has 0 aliphatic heterocycles. The molecule has 2 aromatic heterocycles. The number of halogens is 1. The van der Waals surface area contributed by atoms with Gasteiger partial charge in [-0.25, -0.2) is 24.3 Å². The zero-order valence-corrected chi connectivity index (χ0v) is 19.7. The fraction of sp³-hybridized carbons (Fsp3) is 0.115. The summed E-state index contributed by atoms with van der Waals surface area (Å²) >= 11 is 0. The van der Waals surface area contributed by atoms with E-state index in [0.29, 0.717) is 39.5 Å². The maximum Gasteiger partial charge on any atom is 0.322 e. The monoisotopic (exact) mass is 484 g/mol. The van der Waals surface area contributed by atoms with Crippen molar-refractivity contribution in [2.75, 3.05) is 18.2 Å². The van der Waals surface area contributed by atoms with Crippen LogP contribution in [0.2, 0.25) is 0 Å². The Morgan fingerprint density at radius 3 is 2.58 bits per heavy atom. The number of nitrogen functional groups attached to an aromatic ring is 1. The molecule has 0 saturated heterocycles. The molecule has 0 aliphatic rings. The number of rotatable bonds is 6. The van der Waals surface area contributed by atoms with Gasteiger partial charge in [-0.1, -0.05) is 18.1 Å². The third-order valence-electron chi connectivity index (χ3n) is 5.03. The number of anilines is 2. The fourth-order valence-electron chi connectivity index (χ4n) is 3.42. The molecule has 4 aromatic rings. The summed E-state index contributed by atoms with van der Waals surface area (Å²) in [6.07, 6.45) is 2.84. The number of aromatic nitrogens is 4. The smallest absolute Gasteiger partial charge is 0.322 e. The van der Waals surface area contributed by atoms with Crippen molar-refractivity contribution in [1.29, 1.82) is 0 Å². The number of amides is 1. The van der Waals surface area contributed by atoms with E-state index >= 15 is 4.39 Å². The van der Waals surface area contributed by atoms with E-state index in [1.54, 1.807) is 44.2 Å². The highest BCUT2D eigenvalue weighted by Gasteiger charge is 2.18. The van der Waals surface area contributed by atoms with Crippen LogP contribution in [0.5, 0.6) is 17.5 Å². The van der Waals surface area contributed by atoms with Gasteiger partial charge in [0.25, 0.3) is 5.91 Å². The van der Waals surface area contributed by atoms with Crippen molar-refractivity contribution in [3.63, 3.8) is 0 Å². The number of carbonyl (C=O) groups excluding carboxylic acids is 1. The number of benzene rings is 2. The van der Waals surface area contributed by atoms with Crippen molar-refractivity contribution in [2.24, 2.45) is 0 Å². The highest BCUT2D eigenvalue weighted by atomic mass is 19.1. The Bertz CT molecular complexity index is 1510. The summed E-state index contributed by atoms with van der Waals surface area (Å²) in [6.45, 7) is 3.35. The van der Waals surface area contributed by atoms with Crippen LogP contribution in [0.4, 0.5) is 15.9 Å². The van der Waals surface area contributed by atoms with Crippen LogP contribution in [0, 0.1) is 24.6 Å². The number of aryl methyl sites for hydroxylation is 1. The van der Waals surface area contributed by atoms with Crippen LogP contribution in [0.25, 0.3) is 22.4 Å². The topological polar surface area (TPSA) is 125 Å². The molecule has 0 fully saturated rings. The van der Waals surface area contributed by atoms with Crippen LogP contribution in [-0.2, 0) is 4.79 Å². The number of nitrogens with two attached hydrogens (primary N) is 1. The summed E-state index contributed by atoms with van der Waals surface area (Å²) in [5.41, 5.74) is 9.24. The molecule has 1 amide bonds. The van der Waals surface area contributed by atoms with E-state index in [9.17, 15) is 4.79 Å². The Morgan fingerprint density at radius 1 is 1.06 bits per heavy atom. The zero-order chi connectivity index (χ0) is 25.7. The molecular formula is C26H21FN6O3. The van der Waals surface area contributed by atoms with Crippen molar-refractivity contribution in [3.8, 4) is 51.7 Å². The van der Waals surface area contributed by atoms with Gasteiger partial charge >= 0.3 is 6.01 Å². The minimum Gasteiger partial charge on any atom is -0.495 e. The number of hydrogen-bond acceptors (Lipinski definition) is 8. The second-order valence-electron chi connectivity index (χ2n) is 7.45. The molecule has 9 nitrogen and oxygen atoms in total. The van der Waals surface area contributed by atoms with Crippen molar-refractivity contribution in [2.45, 2.75) is 13.8 Å². The van der Waals surface area contributed by atoms with Gasteiger partial charge in [-0.3, -0.25) is 4.79 Å². The van der Waals surface area contributed by atoms with Gasteiger partial charge in [0.1, 0.15) is 17.9 Å². The lowest BCUT2D eigenvalue weighted by molar-refractivity contribution is -0.111. The summed E-state index contributed by atoms with van der Waals surface area (Å²) in [6, 6.07) is 11.2. The van der Waals surface area contributed by atoms with Gasteiger partial charge in [0.15, 0.2) is 11.6 Å². The molecule has 0 atom stereocenters.